The van der Waals surface area contributed by atoms with Gasteiger partial charge in [0.25, 0.3) is 0 Å². The molecule has 2 N–H and O–H groups in total. The van der Waals surface area contributed by atoms with Crippen molar-refractivity contribution < 1.29 is 9.26 Å². The molecule has 0 amide bonds. The summed E-state index contributed by atoms with van der Waals surface area (Å²) in [5.74, 6) is 3.37. The number of piperidine rings is 1. The SMILES string of the molecule is NC1CCN(c2ncc(OCC3CCN(c4nc(C5CC5)no4)CC3)cn2)C1. The van der Waals surface area contributed by atoms with Gasteiger partial charge in [-0.15, -0.1) is 0 Å². The van der Waals surface area contributed by atoms with Crippen molar-refractivity contribution in [2.45, 2.75) is 44.1 Å². The van der Waals surface area contributed by atoms with Crippen molar-refractivity contribution in [2.75, 3.05) is 42.6 Å². The van der Waals surface area contributed by atoms with Crippen LogP contribution in [0.3, 0.4) is 0 Å². The lowest BCUT2D eigenvalue weighted by Crippen LogP contribution is -2.35. The Morgan fingerprint density at radius 1 is 1.04 bits per heavy atom. The molecule has 4 heterocycles. The van der Waals surface area contributed by atoms with Crippen LogP contribution in [-0.4, -0.2) is 58.9 Å². The van der Waals surface area contributed by atoms with E-state index in [-0.39, 0.29) is 6.04 Å². The molecule has 0 radical (unpaired) electrons. The number of anilines is 2. The maximum Gasteiger partial charge on any atom is 0.324 e. The maximum atomic E-state index is 5.95. The van der Waals surface area contributed by atoms with Crippen LogP contribution in [0.5, 0.6) is 5.75 Å². The van der Waals surface area contributed by atoms with Crippen molar-refractivity contribution in [1.29, 1.82) is 0 Å². The molecule has 2 aromatic rings. The third kappa shape index (κ3) is 3.89. The maximum absolute atomic E-state index is 5.95. The molecule has 150 valence electrons. The van der Waals surface area contributed by atoms with E-state index in [0.29, 0.717) is 24.5 Å². The van der Waals surface area contributed by atoms with E-state index < -0.39 is 0 Å². The molecule has 1 atom stereocenters. The van der Waals surface area contributed by atoms with Gasteiger partial charge >= 0.3 is 6.01 Å². The zero-order chi connectivity index (χ0) is 18.9. The van der Waals surface area contributed by atoms with Crippen LogP contribution in [0.1, 0.15) is 43.8 Å². The van der Waals surface area contributed by atoms with Crippen LogP contribution in [0, 0.1) is 5.92 Å². The van der Waals surface area contributed by atoms with Gasteiger partial charge in [0.2, 0.25) is 5.95 Å². The molecule has 9 nitrogen and oxygen atoms in total. The summed E-state index contributed by atoms with van der Waals surface area (Å²) in [6.07, 6.45) is 8.99. The van der Waals surface area contributed by atoms with E-state index in [2.05, 4.69) is 29.9 Å². The highest BCUT2D eigenvalue weighted by Crippen LogP contribution is 2.39. The van der Waals surface area contributed by atoms with Crippen LogP contribution >= 0.6 is 0 Å². The van der Waals surface area contributed by atoms with E-state index in [1.165, 1.54) is 12.8 Å². The average molecular weight is 385 g/mol. The molecule has 28 heavy (non-hydrogen) atoms. The highest BCUT2D eigenvalue weighted by Gasteiger charge is 2.30. The van der Waals surface area contributed by atoms with Gasteiger partial charge in [0.15, 0.2) is 11.6 Å². The van der Waals surface area contributed by atoms with Gasteiger partial charge in [-0.2, -0.15) is 4.98 Å². The topological polar surface area (TPSA) is 106 Å². The van der Waals surface area contributed by atoms with Crippen LogP contribution in [0.2, 0.25) is 0 Å². The fourth-order valence-corrected chi connectivity index (χ4v) is 3.88. The van der Waals surface area contributed by atoms with E-state index in [9.17, 15) is 0 Å². The predicted molar refractivity (Wildman–Crippen MR) is 104 cm³/mol. The molecular weight excluding hydrogens is 358 g/mol. The van der Waals surface area contributed by atoms with Crippen molar-refractivity contribution in [3.8, 4) is 5.75 Å². The Kier molecular flexibility index (Phi) is 4.76. The molecule has 0 bridgehead atoms. The van der Waals surface area contributed by atoms with Crippen molar-refractivity contribution in [3.05, 3.63) is 18.2 Å². The molecular formula is C19H27N7O2. The first-order chi connectivity index (χ1) is 13.7. The molecule has 1 unspecified atom stereocenters. The number of rotatable bonds is 6. The normalized spacial score (nSPS) is 23.4. The van der Waals surface area contributed by atoms with E-state index in [1.807, 2.05) is 0 Å². The van der Waals surface area contributed by atoms with E-state index in [4.69, 9.17) is 15.0 Å². The molecule has 2 aliphatic heterocycles. The van der Waals surface area contributed by atoms with Gasteiger partial charge in [0.05, 0.1) is 19.0 Å². The third-order valence-corrected chi connectivity index (χ3v) is 5.87. The summed E-state index contributed by atoms with van der Waals surface area (Å²) in [5.41, 5.74) is 5.95. The van der Waals surface area contributed by atoms with E-state index >= 15 is 0 Å². The Morgan fingerprint density at radius 3 is 2.46 bits per heavy atom. The number of aromatic nitrogens is 4. The van der Waals surface area contributed by atoms with E-state index in [1.54, 1.807) is 12.4 Å². The number of hydrogen-bond donors (Lipinski definition) is 1. The molecule has 9 heteroatoms. The zero-order valence-corrected chi connectivity index (χ0v) is 16.0. The lowest BCUT2D eigenvalue weighted by molar-refractivity contribution is 0.219. The van der Waals surface area contributed by atoms with Gasteiger partial charge in [-0.25, -0.2) is 9.97 Å². The van der Waals surface area contributed by atoms with Gasteiger partial charge in [0.1, 0.15) is 0 Å². The molecule has 0 spiro atoms. The molecule has 3 aliphatic rings. The average Bonchev–Trinajstić information content (AvgIpc) is 3.30. The summed E-state index contributed by atoms with van der Waals surface area (Å²) in [6, 6.07) is 0.893. The second kappa shape index (κ2) is 7.54. The van der Waals surface area contributed by atoms with E-state index in [0.717, 1.165) is 63.0 Å². The summed E-state index contributed by atoms with van der Waals surface area (Å²) >= 11 is 0. The monoisotopic (exact) mass is 385 g/mol. The van der Waals surface area contributed by atoms with Crippen LogP contribution < -0.4 is 20.3 Å². The highest BCUT2D eigenvalue weighted by molar-refractivity contribution is 5.33. The lowest BCUT2D eigenvalue weighted by atomic mass is 9.98. The van der Waals surface area contributed by atoms with Crippen molar-refractivity contribution in [3.63, 3.8) is 0 Å². The first kappa shape index (κ1) is 17.7. The molecule has 2 aromatic heterocycles. The Labute approximate surface area is 164 Å². The minimum absolute atomic E-state index is 0.220. The Morgan fingerprint density at radius 2 is 1.79 bits per heavy atom. The molecule has 0 aromatic carbocycles. The zero-order valence-electron chi connectivity index (χ0n) is 16.0. The van der Waals surface area contributed by atoms with Crippen molar-refractivity contribution >= 4 is 12.0 Å². The molecule has 5 rings (SSSR count). The Balaban J connectivity index is 1.08. The van der Waals surface area contributed by atoms with Crippen molar-refractivity contribution in [2.24, 2.45) is 11.7 Å². The number of ether oxygens (including phenoxy) is 1. The van der Waals surface area contributed by atoms with Crippen LogP contribution in [0.15, 0.2) is 16.9 Å². The fraction of sp³-hybridized carbons (Fsp3) is 0.684. The van der Waals surface area contributed by atoms with Crippen LogP contribution in [0.4, 0.5) is 12.0 Å². The number of nitrogens with zero attached hydrogens (tertiary/aromatic N) is 6. The van der Waals surface area contributed by atoms with Crippen LogP contribution in [-0.2, 0) is 0 Å². The molecule has 2 saturated heterocycles. The summed E-state index contributed by atoms with van der Waals surface area (Å²) in [4.78, 5) is 17.7. The third-order valence-electron chi connectivity index (χ3n) is 5.87. The summed E-state index contributed by atoms with van der Waals surface area (Å²) in [7, 11) is 0. The quantitative estimate of drug-likeness (QED) is 0.793. The summed E-state index contributed by atoms with van der Waals surface area (Å²) in [5, 5.41) is 4.11. The Hall–Kier alpha value is -2.42. The van der Waals surface area contributed by atoms with Gasteiger partial charge in [-0.1, -0.05) is 5.16 Å². The summed E-state index contributed by atoms with van der Waals surface area (Å²) < 4.78 is 11.4. The first-order valence-corrected chi connectivity index (χ1v) is 10.3. The lowest BCUT2D eigenvalue weighted by Gasteiger charge is -2.30. The summed E-state index contributed by atoms with van der Waals surface area (Å²) in [6.45, 7) is 4.27. The number of nitrogens with two attached hydrogens (primary N) is 1. The number of hydrogen-bond acceptors (Lipinski definition) is 9. The first-order valence-electron chi connectivity index (χ1n) is 10.3. The largest absolute Gasteiger partial charge is 0.490 e. The fourth-order valence-electron chi connectivity index (χ4n) is 3.88. The molecule has 3 fully saturated rings. The minimum Gasteiger partial charge on any atom is -0.490 e. The standard InChI is InChI=1S/C19H27N7O2/c20-15-5-8-26(11-15)18-21-9-16(10-22-18)27-12-13-3-6-25(7-4-13)19-23-17(24-28-19)14-1-2-14/h9-10,13-15H,1-8,11-12,20H2. The van der Waals surface area contributed by atoms with Gasteiger partial charge < -0.3 is 24.8 Å². The van der Waals surface area contributed by atoms with Gasteiger partial charge in [-0.05, 0) is 38.0 Å². The Bertz CT molecular complexity index is 784. The molecule has 1 saturated carbocycles. The highest BCUT2D eigenvalue weighted by atomic mass is 16.5. The second-order valence-electron chi connectivity index (χ2n) is 8.16. The second-order valence-corrected chi connectivity index (χ2v) is 8.16. The van der Waals surface area contributed by atoms with Crippen LogP contribution in [0.25, 0.3) is 0 Å². The smallest absolute Gasteiger partial charge is 0.324 e. The molecule has 1 aliphatic carbocycles. The predicted octanol–water partition coefficient (Wildman–Crippen LogP) is 1.57. The minimum atomic E-state index is 0.220. The van der Waals surface area contributed by atoms with Crippen molar-refractivity contribution in [1.82, 2.24) is 20.1 Å². The van der Waals surface area contributed by atoms with Gasteiger partial charge in [0, 0.05) is 38.1 Å². The van der Waals surface area contributed by atoms with Gasteiger partial charge in [-0.3, -0.25) is 0 Å².